The fourth-order valence-corrected chi connectivity index (χ4v) is 2.78. The second-order valence-corrected chi connectivity index (χ2v) is 5.97. The highest BCUT2D eigenvalue weighted by atomic mass is 35.5. The molecule has 0 radical (unpaired) electrons. The Morgan fingerprint density at radius 2 is 1.95 bits per heavy atom. The van der Waals surface area contributed by atoms with Crippen molar-refractivity contribution in [2.75, 3.05) is 16.8 Å². The second-order valence-electron chi connectivity index (χ2n) is 5.54. The average molecular weight is 320 g/mol. The molecule has 0 atom stereocenters. The Labute approximate surface area is 136 Å². The quantitative estimate of drug-likeness (QED) is 0.898. The number of halogens is 1. The van der Waals surface area contributed by atoms with Crippen molar-refractivity contribution < 1.29 is 4.79 Å². The molecule has 1 aromatic carbocycles. The number of hydrogen-bond acceptors (Lipinski definition) is 2. The number of rotatable bonds is 5. The molecule has 1 heterocycles. The molecule has 22 heavy (non-hydrogen) atoms. The van der Waals surface area contributed by atoms with Gasteiger partial charge in [0, 0.05) is 37.2 Å². The van der Waals surface area contributed by atoms with Crippen LogP contribution in [0, 0.1) is 0 Å². The van der Waals surface area contributed by atoms with E-state index in [1.165, 1.54) is 0 Å². The maximum absolute atomic E-state index is 12.2. The first-order valence-corrected chi connectivity index (χ1v) is 7.80. The summed E-state index contributed by atoms with van der Waals surface area (Å²) in [6, 6.07) is 9.98. The summed E-state index contributed by atoms with van der Waals surface area (Å²) in [5, 5.41) is 3.44. The minimum atomic E-state index is -0.168. The third-order valence-electron chi connectivity index (χ3n) is 3.63. The lowest BCUT2D eigenvalue weighted by Crippen LogP contribution is -2.30. The number of carbonyl (C=O) groups excluding carboxylic acids is 1. The molecule has 1 amide bonds. The summed E-state index contributed by atoms with van der Waals surface area (Å²) in [6.07, 6.45) is 1.71. The molecular weight excluding hydrogens is 298 g/mol. The summed E-state index contributed by atoms with van der Waals surface area (Å²) >= 11 is 5.91. The predicted octanol–water partition coefficient (Wildman–Crippen LogP) is 4.17. The summed E-state index contributed by atoms with van der Waals surface area (Å²) in [5.41, 5.74) is 2.45. The van der Waals surface area contributed by atoms with E-state index < -0.39 is 0 Å². The van der Waals surface area contributed by atoms with E-state index in [9.17, 15) is 4.79 Å². The molecule has 0 fully saturated rings. The van der Waals surface area contributed by atoms with Crippen molar-refractivity contribution >= 4 is 28.9 Å². The zero-order valence-corrected chi connectivity index (χ0v) is 14.2. The number of nitrogens with one attached hydrogen (secondary N) is 1. The number of benzene rings is 1. The van der Waals surface area contributed by atoms with Crippen molar-refractivity contribution in [3.8, 4) is 0 Å². The summed E-state index contributed by atoms with van der Waals surface area (Å²) in [6.45, 7) is 7.41. The zero-order chi connectivity index (χ0) is 16.3. The average Bonchev–Trinajstić information content (AvgIpc) is 2.80. The van der Waals surface area contributed by atoms with E-state index in [2.05, 4.69) is 31.0 Å². The third-order valence-corrected chi connectivity index (χ3v) is 3.83. The lowest BCUT2D eigenvalue weighted by atomic mass is 10.2. The molecule has 0 unspecified atom stereocenters. The van der Waals surface area contributed by atoms with E-state index >= 15 is 0 Å². The Bertz CT molecular complexity index is 646. The van der Waals surface area contributed by atoms with Gasteiger partial charge in [-0.2, -0.15) is 0 Å². The van der Waals surface area contributed by atoms with Crippen LogP contribution < -0.4 is 10.2 Å². The zero-order valence-electron chi connectivity index (χ0n) is 13.4. The van der Waals surface area contributed by atoms with E-state index in [1.807, 2.05) is 24.3 Å². The van der Waals surface area contributed by atoms with E-state index in [0.717, 1.165) is 17.9 Å². The molecule has 2 aromatic rings. The van der Waals surface area contributed by atoms with Crippen molar-refractivity contribution in [1.82, 2.24) is 4.57 Å². The van der Waals surface area contributed by atoms with Crippen molar-refractivity contribution in [3.63, 3.8) is 0 Å². The number of nitrogens with zero attached hydrogens (tertiary/aromatic N) is 2. The predicted molar refractivity (Wildman–Crippen MR) is 93.0 cm³/mol. The summed E-state index contributed by atoms with van der Waals surface area (Å²) in [4.78, 5) is 14.5. The lowest BCUT2D eigenvalue weighted by Gasteiger charge is -2.27. The molecule has 0 saturated carbocycles. The van der Waals surface area contributed by atoms with Gasteiger partial charge in [0.2, 0.25) is 0 Å². The highest BCUT2D eigenvalue weighted by molar-refractivity contribution is 6.31. The summed E-state index contributed by atoms with van der Waals surface area (Å²) in [5.74, 6) is -0.168. The van der Waals surface area contributed by atoms with Gasteiger partial charge in [-0.3, -0.25) is 4.79 Å². The maximum Gasteiger partial charge on any atom is 0.272 e. The minimum Gasteiger partial charge on any atom is -0.369 e. The van der Waals surface area contributed by atoms with Gasteiger partial charge in [0.15, 0.2) is 0 Å². The Morgan fingerprint density at radius 1 is 1.32 bits per heavy atom. The van der Waals surface area contributed by atoms with Crippen LogP contribution in [0.2, 0.25) is 5.02 Å². The Morgan fingerprint density at radius 3 is 2.41 bits per heavy atom. The number of anilines is 2. The van der Waals surface area contributed by atoms with Crippen LogP contribution >= 0.6 is 11.6 Å². The molecule has 0 aliphatic carbocycles. The molecule has 2 rings (SSSR count). The smallest absolute Gasteiger partial charge is 0.272 e. The first-order chi connectivity index (χ1) is 10.4. The SMILES string of the molecule is CCN(c1ccc(NC(=O)c2cc(Cl)cn2C)cc1)C(C)C. The van der Waals surface area contributed by atoms with Crippen molar-refractivity contribution in [1.29, 1.82) is 0 Å². The van der Waals surface area contributed by atoms with Gasteiger partial charge in [-0.1, -0.05) is 11.6 Å². The van der Waals surface area contributed by atoms with Gasteiger partial charge in [-0.15, -0.1) is 0 Å². The van der Waals surface area contributed by atoms with Gasteiger partial charge < -0.3 is 14.8 Å². The molecule has 4 nitrogen and oxygen atoms in total. The molecule has 0 spiro atoms. The van der Waals surface area contributed by atoms with E-state index in [-0.39, 0.29) is 5.91 Å². The summed E-state index contributed by atoms with van der Waals surface area (Å²) < 4.78 is 1.71. The molecule has 1 aromatic heterocycles. The number of aromatic nitrogens is 1. The van der Waals surface area contributed by atoms with Crippen LogP contribution in [-0.4, -0.2) is 23.1 Å². The van der Waals surface area contributed by atoms with Gasteiger partial charge >= 0.3 is 0 Å². The fraction of sp³-hybridized carbons (Fsp3) is 0.353. The van der Waals surface area contributed by atoms with Gasteiger partial charge in [-0.25, -0.2) is 0 Å². The standard InChI is InChI=1S/C17H22ClN3O/c1-5-21(12(2)3)15-8-6-14(7-9-15)19-17(22)16-10-13(18)11-20(16)4/h6-12H,5H2,1-4H3,(H,19,22). The maximum atomic E-state index is 12.2. The number of carbonyl (C=O) groups is 1. The monoisotopic (exact) mass is 319 g/mol. The van der Waals surface area contributed by atoms with E-state index in [0.29, 0.717) is 16.8 Å². The van der Waals surface area contributed by atoms with Crippen LogP contribution in [-0.2, 0) is 7.05 Å². The molecule has 0 aliphatic heterocycles. The first kappa shape index (κ1) is 16.4. The molecule has 1 N–H and O–H groups in total. The molecule has 0 saturated heterocycles. The van der Waals surface area contributed by atoms with Crippen LogP contribution in [0.1, 0.15) is 31.3 Å². The van der Waals surface area contributed by atoms with Crippen LogP contribution in [0.15, 0.2) is 36.5 Å². The van der Waals surface area contributed by atoms with Crippen LogP contribution in [0.4, 0.5) is 11.4 Å². The normalized spacial score (nSPS) is 10.8. The largest absolute Gasteiger partial charge is 0.369 e. The Balaban J connectivity index is 2.11. The minimum absolute atomic E-state index is 0.168. The first-order valence-electron chi connectivity index (χ1n) is 7.42. The Kier molecular flexibility index (Phi) is 5.14. The van der Waals surface area contributed by atoms with Crippen LogP contribution in [0.5, 0.6) is 0 Å². The number of amides is 1. The fourth-order valence-electron chi connectivity index (χ4n) is 2.53. The van der Waals surface area contributed by atoms with Gasteiger partial charge in [0.05, 0.1) is 5.02 Å². The van der Waals surface area contributed by atoms with E-state index in [1.54, 1.807) is 23.9 Å². The molecular formula is C17H22ClN3O. The molecule has 0 aliphatic rings. The van der Waals surface area contributed by atoms with Gasteiger partial charge in [0.1, 0.15) is 5.69 Å². The van der Waals surface area contributed by atoms with Crippen molar-refractivity contribution in [2.45, 2.75) is 26.8 Å². The highest BCUT2D eigenvalue weighted by Crippen LogP contribution is 2.21. The van der Waals surface area contributed by atoms with Crippen molar-refractivity contribution in [3.05, 3.63) is 47.2 Å². The highest BCUT2D eigenvalue weighted by Gasteiger charge is 2.12. The van der Waals surface area contributed by atoms with Crippen LogP contribution in [0.25, 0.3) is 0 Å². The summed E-state index contributed by atoms with van der Waals surface area (Å²) in [7, 11) is 1.80. The Hall–Kier alpha value is -1.94. The van der Waals surface area contributed by atoms with Gasteiger partial charge in [-0.05, 0) is 51.1 Å². The molecule has 5 heteroatoms. The van der Waals surface area contributed by atoms with Gasteiger partial charge in [0.25, 0.3) is 5.91 Å². The van der Waals surface area contributed by atoms with E-state index in [4.69, 9.17) is 11.6 Å². The second kappa shape index (κ2) is 6.88. The lowest BCUT2D eigenvalue weighted by molar-refractivity contribution is 0.101. The number of hydrogen-bond donors (Lipinski definition) is 1. The van der Waals surface area contributed by atoms with Crippen molar-refractivity contribution in [2.24, 2.45) is 7.05 Å². The number of aryl methyl sites for hydroxylation is 1. The molecule has 0 bridgehead atoms. The third kappa shape index (κ3) is 3.63. The van der Waals surface area contributed by atoms with Crippen LogP contribution in [0.3, 0.4) is 0 Å². The topological polar surface area (TPSA) is 37.3 Å². The molecule has 118 valence electrons.